The van der Waals surface area contributed by atoms with Crippen LogP contribution in [0.4, 0.5) is 5.13 Å². The Labute approximate surface area is 103 Å². The van der Waals surface area contributed by atoms with Gasteiger partial charge in [0.25, 0.3) is 0 Å². The molecule has 0 aliphatic rings. The van der Waals surface area contributed by atoms with Crippen LogP contribution in [0, 0.1) is 6.92 Å². The number of thiazole rings is 1. The third-order valence-electron chi connectivity index (χ3n) is 2.07. The van der Waals surface area contributed by atoms with E-state index in [9.17, 15) is 0 Å². The second kappa shape index (κ2) is 5.36. The SMILES string of the molecule is CCc1nsc(NCCc2nc(C)cs2)n1. The molecule has 16 heavy (non-hydrogen) atoms. The van der Waals surface area contributed by atoms with Crippen LogP contribution in [0.25, 0.3) is 0 Å². The zero-order chi connectivity index (χ0) is 11.4. The second-order valence-electron chi connectivity index (χ2n) is 3.43. The summed E-state index contributed by atoms with van der Waals surface area (Å²) in [6.45, 7) is 4.95. The van der Waals surface area contributed by atoms with Crippen LogP contribution in [0.2, 0.25) is 0 Å². The molecule has 2 rings (SSSR count). The molecule has 0 bridgehead atoms. The van der Waals surface area contributed by atoms with Gasteiger partial charge >= 0.3 is 0 Å². The molecule has 0 saturated heterocycles. The number of hydrogen-bond acceptors (Lipinski definition) is 6. The Kier molecular flexibility index (Phi) is 3.84. The van der Waals surface area contributed by atoms with Gasteiger partial charge in [0.2, 0.25) is 5.13 Å². The van der Waals surface area contributed by atoms with Gasteiger partial charge in [-0.3, -0.25) is 0 Å². The van der Waals surface area contributed by atoms with Gasteiger partial charge in [-0.15, -0.1) is 11.3 Å². The molecule has 0 atom stereocenters. The molecule has 86 valence electrons. The van der Waals surface area contributed by atoms with E-state index in [4.69, 9.17) is 0 Å². The van der Waals surface area contributed by atoms with Crippen molar-refractivity contribution in [1.82, 2.24) is 14.3 Å². The lowest BCUT2D eigenvalue weighted by Crippen LogP contribution is -2.04. The van der Waals surface area contributed by atoms with Gasteiger partial charge in [0, 0.05) is 42.0 Å². The summed E-state index contributed by atoms with van der Waals surface area (Å²) in [5.41, 5.74) is 1.10. The lowest BCUT2D eigenvalue weighted by Gasteiger charge is -1.98. The van der Waals surface area contributed by atoms with Gasteiger partial charge in [-0.25, -0.2) is 9.97 Å². The molecule has 2 aromatic rings. The Bertz CT molecular complexity index is 449. The van der Waals surface area contributed by atoms with Crippen LogP contribution in [-0.4, -0.2) is 20.9 Å². The summed E-state index contributed by atoms with van der Waals surface area (Å²) >= 11 is 3.14. The molecule has 1 N–H and O–H groups in total. The summed E-state index contributed by atoms with van der Waals surface area (Å²) in [6.07, 6.45) is 1.84. The van der Waals surface area contributed by atoms with E-state index in [1.165, 1.54) is 16.5 Å². The lowest BCUT2D eigenvalue weighted by molar-refractivity contribution is 0.966. The number of aryl methyl sites for hydroxylation is 2. The smallest absolute Gasteiger partial charge is 0.202 e. The summed E-state index contributed by atoms with van der Waals surface area (Å²) in [6, 6.07) is 0. The van der Waals surface area contributed by atoms with Crippen molar-refractivity contribution in [3.05, 3.63) is 21.9 Å². The van der Waals surface area contributed by atoms with Gasteiger partial charge in [0.05, 0.1) is 5.01 Å². The maximum Gasteiger partial charge on any atom is 0.202 e. The van der Waals surface area contributed by atoms with E-state index in [1.807, 2.05) is 6.92 Å². The van der Waals surface area contributed by atoms with E-state index in [0.717, 1.165) is 36.0 Å². The summed E-state index contributed by atoms with van der Waals surface area (Å²) in [5.74, 6) is 0.914. The summed E-state index contributed by atoms with van der Waals surface area (Å²) in [7, 11) is 0. The Morgan fingerprint density at radius 3 is 2.88 bits per heavy atom. The van der Waals surface area contributed by atoms with Gasteiger partial charge in [-0.05, 0) is 6.92 Å². The van der Waals surface area contributed by atoms with E-state index >= 15 is 0 Å². The van der Waals surface area contributed by atoms with E-state index in [0.29, 0.717) is 0 Å². The number of hydrogen-bond donors (Lipinski definition) is 1. The zero-order valence-corrected chi connectivity index (χ0v) is 11.0. The number of nitrogens with one attached hydrogen (secondary N) is 1. The van der Waals surface area contributed by atoms with Crippen LogP contribution in [0.1, 0.15) is 23.4 Å². The molecule has 4 nitrogen and oxygen atoms in total. The minimum atomic E-state index is 0.866. The van der Waals surface area contributed by atoms with Crippen LogP contribution in [0.5, 0.6) is 0 Å². The van der Waals surface area contributed by atoms with Crippen molar-refractivity contribution in [2.45, 2.75) is 26.7 Å². The Morgan fingerprint density at radius 2 is 2.25 bits per heavy atom. The maximum absolute atomic E-state index is 4.41. The quantitative estimate of drug-likeness (QED) is 0.890. The summed E-state index contributed by atoms with van der Waals surface area (Å²) < 4.78 is 4.22. The van der Waals surface area contributed by atoms with Crippen molar-refractivity contribution >= 4 is 28.0 Å². The first-order valence-corrected chi connectivity index (χ1v) is 6.90. The predicted octanol–water partition coefficient (Wildman–Crippen LogP) is 2.52. The molecule has 2 heterocycles. The molecular weight excluding hydrogens is 240 g/mol. The average Bonchev–Trinajstić information content (AvgIpc) is 2.88. The highest BCUT2D eigenvalue weighted by atomic mass is 32.1. The summed E-state index contributed by atoms with van der Waals surface area (Å²) in [4.78, 5) is 8.75. The third-order valence-corrected chi connectivity index (χ3v) is 3.80. The minimum Gasteiger partial charge on any atom is -0.360 e. The van der Waals surface area contributed by atoms with Gasteiger partial charge in [0.15, 0.2) is 0 Å². The average molecular weight is 254 g/mol. The third kappa shape index (κ3) is 2.99. The van der Waals surface area contributed by atoms with E-state index in [1.54, 1.807) is 11.3 Å². The second-order valence-corrected chi connectivity index (χ2v) is 5.12. The first-order valence-electron chi connectivity index (χ1n) is 5.25. The molecule has 0 saturated carbocycles. The highest BCUT2D eigenvalue weighted by Crippen LogP contribution is 2.13. The van der Waals surface area contributed by atoms with E-state index in [-0.39, 0.29) is 0 Å². The topological polar surface area (TPSA) is 50.7 Å². The van der Waals surface area contributed by atoms with Gasteiger partial charge in [-0.1, -0.05) is 6.92 Å². The van der Waals surface area contributed by atoms with Gasteiger partial charge in [0.1, 0.15) is 5.82 Å². The van der Waals surface area contributed by atoms with E-state index < -0.39 is 0 Å². The fraction of sp³-hybridized carbons (Fsp3) is 0.500. The first-order chi connectivity index (χ1) is 7.78. The number of aromatic nitrogens is 3. The van der Waals surface area contributed by atoms with Crippen molar-refractivity contribution < 1.29 is 0 Å². The largest absolute Gasteiger partial charge is 0.360 e. The molecule has 0 aliphatic heterocycles. The fourth-order valence-electron chi connectivity index (χ4n) is 1.26. The van der Waals surface area contributed by atoms with Crippen LogP contribution >= 0.6 is 22.9 Å². The molecule has 0 spiro atoms. The number of nitrogens with zero attached hydrogens (tertiary/aromatic N) is 3. The number of rotatable bonds is 5. The molecule has 0 radical (unpaired) electrons. The normalized spacial score (nSPS) is 10.6. The molecule has 0 unspecified atom stereocenters. The van der Waals surface area contributed by atoms with Gasteiger partial charge < -0.3 is 5.32 Å². The van der Waals surface area contributed by atoms with Crippen molar-refractivity contribution in [2.75, 3.05) is 11.9 Å². The minimum absolute atomic E-state index is 0.866. The Hall–Kier alpha value is -1.01. The fourth-order valence-corrected chi connectivity index (χ4v) is 2.71. The Balaban J connectivity index is 1.79. The predicted molar refractivity (Wildman–Crippen MR) is 68.3 cm³/mol. The van der Waals surface area contributed by atoms with Crippen molar-refractivity contribution in [2.24, 2.45) is 0 Å². The lowest BCUT2D eigenvalue weighted by atomic mass is 10.4. The monoisotopic (exact) mass is 254 g/mol. The highest BCUT2D eigenvalue weighted by Gasteiger charge is 2.02. The first kappa shape index (κ1) is 11.5. The number of anilines is 1. The van der Waals surface area contributed by atoms with Crippen LogP contribution in [-0.2, 0) is 12.8 Å². The van der Waals surface area contributed by atoms with Crippen LogP contribution in [0.3, 0.4) is 0 Å². The highest BCUT2D eigenvalue weighted by molar-refractivity contribution is 7.10. The van der Waals surface area contributed by atoms with Crippen LogP contribution in [0.15, 0.2) is 5.38 Å². The molecule has 0 aliphatic carbocycles. The van der Waals surface area contributed by atoms with Crippen molar-refractivity contribution in [3.8, 4) is 0 Å². The Morgan fingerprint density at radius 1 is 1.38 bits per heavy atom. The summed E-state index contributed by atoms with van der Waals surface area (Å²) in [5, 5.41) is 7.43. The molecule has 6 heteroatoms. The standard InChI is InChI=1S/C10H14N4S2/c1-3-8-13-10(16-14-8)11-5-4-9-12-7(2)6-15-9/h6H,3-5H2,1-2H3,(H,11,13,14). The molecule has 0 aromatic carbocycles. The van der Waals surface area contributed by atoms with Crippen LogP contribution < -0.4 is 5.32 Å². The molecule has 0 amide bonds. The van der Waals surface area contributed by atoms with Crippen molar-refractivity contribution in [1.29, 1.82) is 0 Å². The molecule has 2 aromatic heterocycles. The zero-order valence-electron chi connectivity index (χ0n) is 9.36. The molecule has 0 fully saturated rings. The van der Waals surface area contributed by atoms with Crippen molar-refractivity contribution in [3.63, 3.8) is 0 Å². The molecular formula is C10H14N4S2. The van der Waals surface area contributed by atoms with Gasteiger partial charge in [-0.2, -0.15) is 4.37 Å². The van der Waals surface area contributed by atoms with E-state index in [2.05, 4.69) is 32.0 Å². The maximum atomic E-state index is 4.41.